The summed E-state index contributed by atoms with van der Waals surface area (Å²) in [4.78, 5) is 3.38. The van der Waals surface area contributed by atoms with Crippen LogP contribution in [0, 0.1) is 6.92 Å². The number of hydrogen-bond donors (Lipinski definition) is 1. The molecule has 1 aromatic heterocycles. The summed E-state index contributed by atoms with van der Waals surface area (Å²) in [5.41, 5.74) is 4.10. The number of benzene rings is 1. The number of unbranched alkanes of at least 4 members (excludes halogenated alkanes) is 4. The number of nitrogens with one attached hydrogen (secondary N) is 1. The van der Waals surface area contributed by atoms with Gasteiger partial charge in [-0.3, -0.25) is 0 Å². The van der Waals surface area contributed by atoms with Crippen LogP contribution >= 0.6 is 0 Å². The first-order valence-electron chi connectivity index (χ1n) is 6.88. The minimum atomic E-state index is 1.22. The highest BCUT2D eigenvalue weighted by molar-refractivity contribution is 5.83. The van der Waals surface area contributed by atoms with Crippen LogP contribution in [0.5, 0.6) is 0 Å². The Labute approximate surface area is 104 Å². The Bertz CT molecular complexity index is 467. The van der Waals surface area contributed by atoms with E-state index < -0.39 is 0 Å². The summed E-state index contributed by atoms with van der Waals surface area (Å²) >= 11 is 0. The van der Waals surface area contributed by atoms with E-state index >= 15 is 0 Å². The monoisotopic (exact) mass is 229 g/mol. The summed E-state index contributed by atoms with van der Waals surface area (Å²) in [5, 5.41) is 1.41. The van der Waals surface area contributed by atoms with Crippen molar-refractivity contribution in [3.8, 4) is 0 Å². The van der Waals surface area contributed by atoms with Crippen molar-refractivity contribution in [2.75, 3.05) is 0 Å². The Morgan fingerprint density at radius 2 is 1.88 bits per heavy atom. The minimum absolute atomic E-state index is 1.22. The zero-order chi connectivity index (χ0) is 12.1. The molecule has 1 N–H and O–H groups in total. The van der Waals surface area contributed by atoms with E-state index in [2.05, 4.69) is 43.2 Å². The van der Waals surface area contributed by atoms with Gasteiger partial charge in [0.2, 0.25) is 0 Å². The van der Waals surface area contributed by atoms with Crippen LogP contribution in [0.4, 0.5) is 0 Å². The van der Waals surface area contributed by atoms with Gasteiger partial charge in [-0.25, -0.2) is 0 Å². The second-order valence-electron chi connectivity index (χ2n) is 5.03. The van der Waals surface area contributed by atoms with Crippen molar-refractivity contribution in [2.24, 2.45) is 0 Å². The van der Waals surface area contributed by atoms with E-state index in [0.717, 1.165) is 0 Å². The molecule has 1 heterocycles. The summed E-state index contributed by atoms with van der Waals surface area (Å²) in [6.07, 6.45) is 10.2. The molecule has 0 amide bonds. The third-order valence-corrected chi connectivity index (χ3v) is 3.47. The van der Waals surface area contributed by atoms with E-state index in [9.17, 15) is 0 Å². The minimum Gasteiger partial charge on any atom is -0.361 e. The van der Waals surface area contributed by atoms with Crippen molar-refractivity contribution < 1.29 is 0 Å². The van der Waals surface area contributed by atoms with E-state index in [0.29, 0.717) is 0 Å². The van der Waals surface area contributed by atoms with Crippen molar-refractivity contribution in [1.29, 1.82) is 0 Å². The number of aromatic amines is 1. The number of aromatic nitrogens is 1. The fourth-order valence-corrected chi connectivity index (χ4v) is 2.43. The number of fused-ring (bicyclic) bond motifs is 1. The Hall–Kier alpha value is -1.24. The maximum atomic E-state index is 3.38. The molecule has 1 aromatic carbocycles. The molecule has 0 saturated heterocycles. The van der Waals surface area contributed by atoms with E-state index in [1.807, 2.05) is 0 Å². The molecular formula is C16H23N. The van der Waals surface area contributed by atoms with Gasteiger partial charge in [-0.2, -0.15) is 0 Å². The molecule has 92 valence electrons. The van der Waals surface area contributed by atoms with Gasteiger partial charge in [-0.1, -0.05) is 44.7 Å². The fourth-order valence-electron chi connectivity index (χ4n) is 2.43. The fraction of sp³-hybridized carbons (Fsp3) is 0.500. The summed E-state index contributed by atoms with van der Waals surface area (Å²) in [7, 11) is 0. The number of hydrogen-bond acceptors (Lipinski definition) is 0. The second-order valence-corrected chi connectivity index (χ2v) is 5.03. The molecule has 0 atom stereocenters. The third kappa shape index (κ3) is 3.12. The lowest BCUT2D eigenvalue weighted by atomic mass is 10.0. The van der Waals surface area contributed by atoms with Crippen LogP contribution in [-0.4, -0.2) is 4.98 Å². The Kier molecular flexibility index (Phi) is 4.24. The van der Waals surface area contributed by atoms with Crippen LogP contribution in [0.3, 0.4) is 0 Å². The molecular weight excluding hydrogens is 206 g/mol. The SMILES string of the molecule is CCCCCCCc1c[nH]c2cc(C)ccc12. The summed E-state index contributed by atoms with van der Waals surface area (Å²) in [6, 6.07) is 6.69. The quantitative estimate of drug-likeness (QED) is 0.672. The smallest absolute Gasteiger partial charge is 0.0459 e. The molecule has 0 saturated carbocycles. The average Bonchev–Trinajstić information content (AvgIpc) is 2.71. The molecule has 0 spiro atoms. The van der Waals surface area contributed by atoms with E-state index in [1.54, 1.807) is 0 Å². The van der Waals surface area contributed by atoms with E-state index in [4.69, 9.17) is 0 Å². The summed E-state index contributed by atoms with van der Waals surface area (Å²) in [5.74, 6) is 0. The molecule has 2 aromatic rings. The van der Waals surface area contributed by atoms with Crippen LogP contribution in [-0.2, 0) is 6.42 Å². The van der Waals surface area contributed by atoms with Crippen LogP contribution < -0.4 is 0 Å². The van der Waals surface area contributed by atoms with Crippen molar-refractivity contribution in [1.82, 2.24) is 4.98 Å². The molecule has 0 aliphatic rings. The molecule has 1 nitrogen and oxygen atoms in total. The van der Waals surface area contributed by atoms with Gasteiger partial charge < -0.3 is 4.98 Å². The highest BCUT2D eigenvalue weighted by atomic mass is 14.7. The standard InChI is InChI=1S/C16H23N/c1-3-4-5-6-7-8-14-12-17-16-11-13(2)9-10-15(14)16/h9-12,17H,3-8H2,1-2H3. The Morgan fingerprint density at radius 1 is 1.06 bits per heavy atom. The van der Waals surface area contributed by atoms with Crippen LogP contribution in [0.2, 0.25) is 0 Å². The van der Waals surface area contributed by atoms with Crippen LogP contribution in [0.15, 0.2) is 24.4 Å². The Balaban J connectivity index is 1.95. The van der Waals surface area contributed by atoms with Gasteiger partial charge in [0.25, 0.3) is 0 Å². The molecule has 17 heavy (non-hydrogen) atoms. The van der Waals surface area contributed by atoms with Crippen molar-refractivity contribution in [3.63, 3.8) is 0 Å². The molecule has 0 aliphatic heterocycles. The van der Waals surface area contributed by atoms with Crippen molar-refractivity contribution >= 4 is 10.9 Å². The average molecular weight is 229 g/mol. The normalized spacial score (nSPS) is 11.2. The van der Waals surface area contributed by atoms with E-state index in [-0.39, 0.29) is 0 Å². The third-order valence-electron chi connectivity index (χ3n) is 3.47. The van der Waals surface area contributed by atoms with Gasteiger partial charge in [-0.05, 0) is 37.0 Å². The lowest BCUT2D eigenvalue weighted by Crippen LogP contribution is -1.84. The molecule has 1 heteroatoms. The van der Waals surface area contributed by atoms with Crippen LogP contribution in [0.1, 0.15) is 50.2 Å². The highest BCUT2D eigenvalue weighted by Crippen LogP contribution is 2.21. The highest BCUT2D eigenvalue weighted by Gasteiger charge is 2.03. The van der Waals surface area contributed by atoms with Crippen molar-refractivity contribution in [3.05, 3.63) is 35.5 Å². The maximum absolute atomic E-state index is 3.38. The number of rotatable bonds is 6. The first-order chi connectivity index (χ1) is 8.31. The molecule has 0 radical (unpaired) electrons. The zero-order valence-electron chi connectivity index (χ0n) is 11.1. The topological polar surface area (TPSA) is 15.8 Å². The van der Waals surface area contributed by atoms with Gasteiger partial charge in [0.15, 0.2) is 0 Å². The number of H-pyrrole nitrogens is 1. The first kappa shape index (κ1) is 12.2. The molecule has 0 bridgehead atoms. The van der Waals surface area contributed by atoms with Gasteiger partial charge in [0, 0.05) is 17.1 Å². The molecule has 0 unspecified atom stereocenters. The summed E-state index contributed by atoms with van der Waals surface area (Å²) in [6.45, 7) is 4.41. The van der Waals surface area contributed by atoms with Gasteiger partial charge in [-0.15, -0.1) is 0 Å². The van der Waals surface area contributed by atoms with Crippen molar-refractivity contribution in [2.45, 2.75) is 52.4 Å². The van der Waals surface area contributed by atoms with Gasteiger partial charge in [0.05, 0.1) is 0 Å². The molecule has 2 rings (SSSR count). The number of aryl methyl sites for hydroxylation is 2. The zero-order valence-corrected chi connectivity index (χ0v) is 11.1. The lowest BCUT2D eigenvalue weighted by Gasteiger charge is -2.00. The largest absolute Gasteiger partial charge is 0.361 e. The predicted octanol–water partition coefficient (Wildman–Crippen LogP) is 4.99. The first-order valence-corrected chi connectivity index (χ1v) is 6.88. The second kappa shape index (κ2) is 5.90. The predicted molar refractivity (Wildman–Crippen MR) is 75.5 cm³/mol. The van der Waals surface area contributed by atoms with Gasteiger partial charge >= 0.3 is 0 Å². The summed E-state index contributed by atoms with van der Waals surface area (Å²) < 4.78 is 0. The maximum Gasteiger partial charge on any atom is 0.0459 e. The Morgan fingerprint density at radius 3 is 2.71 bits per heavy atom. The van der Waals surface area contributed by atoms with Crippen LogP contribution in [0.25, 0.3) is 10.9 Å². The molecule has 0 fully saturated rings. The van der Waals surface area contributed by atoms with E-state index in [1.165, 1.54) is 60.6 Å². The lowest BCUT2D eigenvalue weighted by molar-refractivity contribution is 0.633. The van der Waals surface area contributed by atoms with Gasteiger partial charge in [0.1, 0.15) is 0 Å². The molecule has 0 aliphatic carbocycles.